The third-order valence-corrected chi connectivity index (χ3v) is 3.43. The third kappa shape index (κ3) is 6.38. The van der Waals surface area contributed by atoms with Crippen molar-refractivity contribution in [2.45, 2.75) is 32.2 Å². The molecular formula is C13H25N3O3S. The first kappa shape index (κ1) is 17.0. The molecule has 1 aliphatic heterocycles. The van der Waals surface area contributed by atoms with Gasteiger partial charge in [0, 0.05) is 39.4 Å². The van der Waals surface area contributed by atoms with Crippen LogP contribution in [0.1, 0.15) is 26.2 Å². The molecule has 0 unspecified atom stereocenters. The standard InChI is InChI=1S/C13H25N3O3S/c1-3-19-13(17)16-8-5-11(6-9-16)15-12(20)14-7-4-10-18-2/h11H,3-10H2,1-2H3,(H2,14,15,20). The number of hydrogen-bond acceptors (Lipinski definition) is 4. The number of carbonyl (C=O) groups excluding carboxylic acids is 1. The Hall–Kier alpha value is -1.08. The first-order valence-electron chi connectivity index (χ1n) is 7.12. The van der Waals surface area contributed by atoms with E-state index in [0.29, 0.717) is 30.9 Å². The van der Waals surface area contributed by atoms with Crippen molar-refractivity contribution in [2.24, 2.45) is 0 Å². The summed E-state index contributed by atoms with van der Waals surface area (Å²) in [6.45, 7) is 5.20. The van der Waals surface area contributed by atoms with E-state index in [4.69, 9.17) is 21.7 Å². The molecule has 7 heteroatoms. The van der Waals surface area contributed by atoms with Crippen LogP contribution in [0.5, 0.6) is 0 Å². The fourth-order valence-corrected chi connectivity index (χ4v) is 2.34. The summed E-state index contributed by atoms with van der Waals surface area (Å²) in [6, 6.07) is 0.322. The van der Waals surface area contributed by atoms with Gasteiger partial charge in [0.25, 0.3) is 0 Å². The molecule has 20 heavy (non-hydrogen) atoms. The molecule has 1 fully saturated rings. The van der Waals surface area contributed by atoms with Crippen LogP contribution in [0.4, 0.5) is 4.79 Å². The van der Waals surface area contributed by atoms with E-state index >= 15 is 0 Å². The van der Waals surface area contributed by atoms with Gasteiger partial charge >= 0.3 is 6.09 Å². The number of nitrogens with one attached hydrogen (secondary N) is 2. The van der Waals surface area contributed by atoms with Gasteiger partial charge in [0.05, 0.1) is 6.61 Å². The number of methoxy groups -OCH3 is 1. The van der Waals surface area contributed by atoms with Gasteiger partial charge in [0.15, 0.2) is 5.11 Å². The summed E-state index contributed by atoms with van der Waals surface area (Å²) >= 11 is 5.24. The summed E-state index contributed by atoms with van der Waals surface area (Å²) in [5, 5.41) is 7.12. The molecule has 0 atom stereocenters. The second-order valence-electron chi connectivity index (χ2n) is 4.71. The van der Waals surface area contributed by atoms with Gasteiger partial charge in [-0.2, -0.15) is 0 Å². The molecule has 0 aromatic rings. The lowest BCUT2D eigenvalue weighted by atomic mass is 10.1. The molecule has 2 N–H and O–H groups in total. The van der Waals surface area contributed by atoms with E-state index in [2.05, 4.69) is 10.6 Å². The molecule has 0 spiro atoms. The van der Waals surface area contributed by atoms with Crippen LogP contribution < -0.4 is 10.6 Å². The van der Waals surface area contributed by atoms with E-state index in [0.717, 1.165) is 32.4 Å². The van der Waals surface area contributed by atoms with Crippen LogP contribution in [-0.2, 0) is 9.47 Å². The Kier molecular flexibility index (Phi) is 8.29. The van der Waals surface area contributed by atoms with Gasteiger partial charge in [-0.05, 0) is 38.4 Å². The lowest BCUT2D eigenvalue weighted by Gasteiger charge is -2.32. The zero-order valence-electron chi connectivity index (χ0n) is 12.3. The number of likely N-dealkylation sites (tertiary alicyclic amines) is 1. The Morgan fingerprint density at radius 2 is 2.10 bits per heavy atom. The molecular weight excluding hydrogens is 278 g/mol. The van der Waals surface area contributed by atoms with Crippen molar-refractivity contribution in [2.75, 3.05) is 40.0 Å². The van der Waals surface area contributed by atoms with E-state index in [1.54, 1.807) is 12.0 Å². The zero-order valence-corrected chi connectivity index (χ0v) is 13.1. The summed E-state index contributed by atoms with van der Waals surface area (Å²) < 4.78 is 9.97. The summed E-state index contributed by atoms with van der Waals surface area (Å²) in [7, 11) is 1.69. The van der Waals surface area contributed by atoms with E-state index in [1.165, 1.54) is 0 Å². The molecule has 1 saturated heterocycles. The molecule has 6 nitrogen and oxygen atoms in total. The molecule has 0 aliphatic carbocycles. The van der Waals surface area contributed by atoms with Gasteiger partial charge in [-0.15, -0.1) is 0 Å². The molecule has 0 aromatic heterocycles. The second-order valence-corrected chi connectivity index (χ2v) is 5.12. The zero-order chi connectivity index (χ0) is 14.8. The lowest BCUT2D eigenvalue weighted by Crippen LogP contribution is -2.49. The fraction of sp³-hybridized carbons (Fsp3) is 0.846. The third-order valence-electron chi connectivity index (χ3n) is 3.17. The lowest BCUT2D eigenvalue weighted by molar-refractivity contribution is 0.0963. The molecule has 1 amide bonds. The molecule has 1 rings (SSSR count). The largest absolute Gasteiger partial charge is 0.450 e. The maximum Gasteiger partial charge on any atom is 0.409 e. The van der Waals surface area contributed by atoms with Gasteiger partial charge in [-0.3, -0.25) is 0 Å². The Morgan fingerprint density at radius 1 is 1.40 bits per heavy atom. The van der Waals surface area contributed by atoms with Gasteiger partial charge < -0.3 is 25.0 Å². The van der Waals surface area contributed by atoms with Crippen LogP contribution in [-0.4, -0.2) is 62.1 Å². The predicted molar refractivity (Wildman–Crippen MR) is 81.8 cm³/mol. The first-order valence-corrected chi connectivity index (χ1v) is 7.53. The van der Waals surface area contributed by atoms with Crippen molar-refractivity contribution < 1.29 is 14.3 Å². The molecule has 116 valence electrons. The highest BCUT2D eigenvalue weighted by molar-refractivity contribution is 7.80. The van der Waals surface area contributed by atoms with Crippen molar-refractivity contribution in [1.29, 1.82) is 0 Å². The molecule has 1 heterocycles. The number of carbonyl (C=O) groups is 1. The normalized spacial score (nSPS) is 15.8. The van der Waals surface area contributed by atoms with E-state index in [1.807, 2.05) is 6.92 Å². The van der Waals surface area contributed by atoms with Crippen molar-refractivity contribution in [3.05, 3.63) is 0 Å². The highest BCUT2D eigenvalue weighted by atomic mass is 32.1. The Balaban J connectivity index is 2.15. The Labute approximate surface area is 126 Å². The minimum Gasteiger partial charge on any atom is -0.450 e. The topological polar surface area (TPSA) is 62.8 Å². The van der Waals surface area contributed by atoms with Gasteiger partial charge in [-0.25, -0.2) is 4.79 Å². The maximum absolute atomic E-state index is 11.6. The quantitative estimate of drug-likeness (QED) is 0.566. The van der Waals surface area contributed by atoms with Crippen molar-refractivity contribution >= 4 is 23.4 Å². The number of piperidine rings is 1. The second kappa shape index (κ2) is 9.77. The monoisotopic (exact) mass is 303 g/mol. The van der Waals surface area contributed by atoms with Gasteiger partial charge in [0.1, 0.15) is 0 Å². The van der Waals surface area contributed by atoms with Crippen LogP contribution >= 0.6 is 12.2 Å². The molecule has 0 radical (unpaired) electrons. The highest BCUT2D eigenvalue weighted by Crippen LogP contribution is 2.11. The van der Waals surface area contributed by atoms with Crippen molar-refractivity contribution in [3.63, 3.8) is 0 Å². The van der Waals surface area contributed by atoms with E-state index in [-0.39, 0.29) is 6.09 Å². The summed E-state index contributed by atoms with van der Waals surface area (Å²) in [5.41, 5.74) is 0. The van der Waals surface area contributed by atoms with E-state index in [9.17, 15) is 4.79 Å². The van der Waals surface area contributed by atoms with Crippen LogP contribution in [0.25, 0.3) is 0 Å². The summed E-state index contributed by atoms with van der Waals surface area (Å²) in [4.78, 5) is 13.3. The minimum atomic E-state index is -0.216. The minimum absolute atomic E-state index is 0.216. The van der Waals surface area contributed by atoms with Gasteiger partial charge in [0.2, 0.25) is 0 Å². The average Bonchev–Trinajstić information content (AvgIpc) is 2.45. The number of amides is 1. The number of nitrogens with zero attached hydrogens (tertiary/aromatic N) is 1. The predicted octanol–water partition coefficient (Wildman–Crippen LogP) is 1.11. The highest BCUT2D eigenvalue weighted by Gasteiger charge is 2.23. The SMILES string of the molecule is CCOC(=O)N1CCC(NC(=S)NCCCOC)CC1. The number of rotatable bonds is 6. The fourth-order valence-electron chi connectivity index (χ4n) is 2.08. The van der Waals surface area contributed by atoms with Crippen LogP contribution in [0.3, 0.4) is 0 Å². The Morgan fingerprint density at radius 3 is 2.70 bits per heavy atom. The average molecular weight is 303 g/mol. The molecule has 0 bridgehead atoms. The Bertz CT molecular complexity index is 307. The van der Waals surface area contributed by atoms with E-state index < -0.39 is 0 Å². The van der Waals surface area contributed by atoms with Crippen molar-refractivity contribution in [1.82, 2.24) is 15.5 Å². The molecule has 0 saturated carbocycles. The number of thiocarbonyl (C=S) groups is 1. The van der Waals surface area contributed by atoms with Crippen LogP contribution in [0, 0.1) is 0 Å². The molecule has 0 aromatic carbocycles. The van der Waals surface area contributed by atoms with Gasteiger partial charge in [-0.1, -0.05) is 0 Å². The van der Waals surface area contributed by atoms with Crippen LogP contribution in [0.15, 0.2) is 0 Å². The smallest absolute Gasteiger partial charge is 0.409 e. The summed E-state index contributed by atoms with van der Waals surface area (Å²) in [5.74, 6) is 0. The number of ether oxygens (including phenoxy) is 2. The maximum atomic E-state index is 11.6. The molecule has 1 aliphatic rings. The first-order chi connectivity index (χ1) is 9.67. The summed E-state index contributed by atoms with van der Waals surface area (Å²) in [6.07, 6.45) is 2.49. The number of hydrogen-bond donors (Lipinski definition) is 2. The van der Waals surface area contributed by atoms with Crippen LogP contribution in [0.2, 0.25) is 0 Å². The van der Waals surface area contributed by atoms with Crippen molar-refractivity contribution in [3.8, 4) is 0 Å².